The summed E-state index contributed by atoms with van der Waals surface area (Å²) in [6, 6.07) is 3.99. The van der Waals surface area contributed by atoms with Crippen LogP contribution in [0.25, 0.3) is 0 Å². The van der Waals surface area contributed by atoms with Gasteiger partial charge in [-0.1, -0.05) is 23.7 Å². The summed E-state index contributed by atoms with van der Waals surface area (Å²) < 4.78 is 64.3. The van der Waals surface area contributed by atoms with Gasteiger partial charge in [-0.15, -0.1) is 0 Å². The molecule has 30 heavy (non-hydrogen) atoms. The maximum absolute atomic E-state index is 14.5. The van der Waals surface area contributed by atoms with Gasteiger partial charge in [0.05, 0.1) is 17.3 Å². The number of hydrogen-bond donors (Lipinski definition) is 2. The molecule has 0 saturated carbocycles. The average Bonchev–Trinajstić information content (AvgIpc) is 2.62. The highest BCUT2D eigenvalue weighted by molar-refractivity contribution is 7.93. The smallest absolute Gasteiger partial charge is 0.254 e. The first-order valence-electron chi connectivity index (χ1n) is 8.77. The highest BCUT2D eigenvalue weighted by atomic mass is 35.5. The summed E-state index contributed by atoms with van der Waals surface area (Å²) >= 11 is 5.99. The van der Waals surface area contributed by atoms with E-state index in [-0.39, 0.29) is 10.7 Å². The number of sulfone groups is 1. The maximum Gasteiger partial charge on any atom is 0.254 e. The van der Waals surface area contributed by atoms with E-state index in [2.05, 4.69) is 10.6 Å². The Morgan fingerprint density at radius 3 is 2.37 bits per heavy atom. The van der Waals surface area contributed by atoms with Gasteiger partial charge in [-0.05, 0) is 37.6 Å². The van der Waals surface area contributed by atoms with Gasteiger partial charge in [0.1, 0.15) is 17.5 Å². The standard InChI is InChI=1S/C20H20ClF3N2O3S/c1-11(6-7-30(3,28)29)25-20(27)15-9-18(24)19(10-17(15)23)26-12(2)14-5-4-13(22)8-16(14)21/h4-12,26H,1-3H3,(H,25,27)/b7-6+/t11-,12?/m1/s1. The highest BCUT2D eigenvalue weighted by Crippen LogP contribution is 2.28. The third kappa shape index (κ3) is 6.50. The van der Waals surface area contributed by atoms with Crippen LogP contribution >= 0.6 is 11.6 Å². The number of carbonyl (C=O) groups excluding carboxylic acids is 1. The van der Waals surface area contributed by atoms with Crippen LogP contribution in [0.4, 0.5) is 18.9 Å². The molecule has 0 bridgehead atoms. The molecule has 0 aliphatic rings. The van der Waals surface area contributed by atoms with Gasteiger partial charge in [0.2, 0.25) is 0 Å². The van der Waals surface area contributed by atoms with Gasteiger partial charge in [0, 0.05) is 28.8 Å². The number of carbonyl (C=O) groups is 1. The number of halogens is 4. The first-order valence-corrected chi connectivity index (χ1v) is 11.1. The zero-order chi connectivity index (χ0) is 22.6. The summed E-state index contributed by atoms with van der Waals surface area (Å²) in [5.74, 6) is -3.29. The van der Waals surface area contributed by atoms with Crippen LogP contribution in [0.15, 0.2) is 41.8 Å². The van der Waals surface area contributed by atoms with E-state index in [4.69, 9.17) is 11.6 Å². The van der Waals surface area contributed by atoms with Crippen molar-refractivity contribution in [2.75, 3.05) is 11.6 Å². The van der Waals surface area contributed by atoms with Gasteiger partial charge in [-0.2, -0.15) is 0 Å². The molecule has 0 aliphatic heterocycles. The summed E-state index contributed by atoms with van der Waals surface area (Å²) in [6.45, 7) is 3.12. The number of amides is 1. The second-order valence-electron chi connectivity index (χ2n) is 6.76. The molecule has 2 aromatic carbocycles. The largest absolute Gasteiger partial charge is 0.376 e. The topological polar surface area (TPSA) is 75.3 Å². The van der Waals surface area contributed by atoms with Crippen molar-refractivity contribution in [2.45, 2.75) is 25.9 Å². The molecule has 0 fully saturated rings. The second kappa shape index (κ2) is 9.53. The lowest BCUT2D eigenvalue weighted by molar-refractivity contribution is 0.0942. The Hall–Kier alpha value is -2.52. The van der Waals surface area contributed by atoms with Crippen molar-refractivity contribution < 1.29 is 26.4 Å². The quantitative estimate of drug-likeness (QED) is 0.633. The molecule has 1 unspecified atom stereocenters. The summed E-state index contributed by atoms with van der Waals surface area (Å²) in [7, 11) is -3.38. The van der Waals surface area contributed by atoms with Crippen LogP contribution in [0, 0.1) is 17.5 Å². The molecule has 162 valence electrons. The molecule has 0 spiro atoms. The Kier molecular flexibility index (Phi) is 7.54. The molecule has 10 heteroatoms. The summed E-state index contributed by atoms with van der Waals surface area (Å²) in [4.78, 5) is 12.2. The normalized spacial score (nSPS) is 13.8. The zero-order valence-electron chi connectivity index (χ0n) is 16.3. The summed E-state index contributed by atoms with van der Waals surface area (Å²) in [6.07, 6.45) is 2.20. The highest BCUT2D eigenvalue weighted by Gasteiger charge is 2.19. The van der Waals surface area contributed by atoms with Gasteiger partial charge >= 0.3 is 0 Å². The van der Waals surface area contributed by atoms with E-state index >= 15 is 0 Å². The number of benzene rings is 2. The minimum atomic E-state index is -3.38. The number of hydrogen-bond acceptors (Lipinski definition) is 4. The summed E-state index contributed by atoms with van der Waals surface area (Å²) in [5.41, 5.74) is -0.265. The van der Waals surface area contributed by atoms with E-state index in [1.54, 1.807) is 6.92 Å². The van der Waals surface area contributed by atoms with Crippen molar-refractivity contribution >= 4 is 33.0 Å². The molecule has 0 saturated heterocycles. The molecule has 0 radical (unpaired) electrons. The molecular formula is C20H20ClF3N2O3S. The van der Waals surface area contributed by atoms with Crippen molar-refractivity contribution in [3.05, 3.63) is 75.4 Å². The first kappa shape index (κ1) is 23.8. The fraction of sp³-hybridized carbons (Fsp3) is 0.250. The average molecular weight is 461 g/mol. The lowest BCUT2D eigenvalue weighted by Gasteiger charge is -2.18. The van der Waals surface area contributed by atoms with Crippen LogP contribution < -0.4 is 10.6 Å². The number of rotatable bonds is 7. The van der Waals surface area contributed by atoms with Gasteiger partial charge in [-0.25, -0.2) is 21.6 Å². The van der Waals surface area contributed by atoms with E-state index in [0.29, 0.717) is 5.56 Å². The monoisotopic (exact) mass is 460 g/mol. The van der Waals surface area contributed by atoms with Crippen LogP contribution in [0.5, 0.6) is 0 Å². The lowest BCUT2D eigenvalue weighted by atomic mass is 10.1. The van der Waals surface area contributed by atoms with E-state index in [9.17, 15) is 26.4 Å². The van der Waals surface area contributed by atoms with Gasteiger partial charge in [-0.3, -0.25) is 4.79 Å². The molecule has 2 aromatic rings. The fourth-order valence-corrected chi connectivity index (χ4v) is 3.44. The Morgan fingerprint density at radius 1 is 1.10 bits per heavy atom. The van der Waals surface area contributed by atoms with Gasteiger partial charge < -0.3 is 10.6 Å². The zero-order valence-corrected chi connectivity index (χ0v) is 17.9. The van der Waals surface area contributed by atoms with Crippen molar-refractivity contribution in [3.8, 4) is 0 Å². The molecule has 0 heterocycles. The van der Waals surface area contributed by atoms with Crippen molar-refractivity contribution in [1.82, 2.24) is 5.32 Å². The predicted molar refractivity (Wildman–Crippen MR) is 111 cm³/mol. The van der Waals surface area contributed by atoms with Crippen molar-refractivity contribution in [1.29, 1.82) is 0 Å². The van der Waals surface area contributed by atoms with Crippen molar-refractivity contribution in [2.24, 2.45) is 0 Å². The number of nitrogens with one attached hydrogen (secondary N) is 2. The Morgan fingerprint density at radius 2 is 1.77 bits per heavy atom. The van der Waals surface area contributed by atoms with E-state index in [1.165, 1.54) is 25.1 Å². The van der Waals surface area contributed by atoms with Crippen LogP contribution in [-0.2, 0) is 9.84 Å². The second-order valence-corrected chi connectivity index (χ2v) is 9.10. The molecular weight excluding hydrogens is 441 g/mol. The van der Waals surface area contributed by atoms with Gasteiger partial charge in [0.15, 0.2) is 9.84 Å². The minimum Gasteiger partial charge on any atom is -0.376 e. The Bertz CT molecular complexity index is 1090. The van der Waals surface area contributed by atoms with Crippen LogP contribution in [0.2, 0.25) is 5.02 Å². The molecule has 5 nitrogen and oxygen atoms in total. The third-order valence-corrected chi connectivity index (χ3v) is 5.05. The molecule has 2 rings (SSSR count). The van der Waals surface area contributed by atoms with Crippen LogP contribution in [0.1, 0.15) is 35.8 Å². The molecule has 2 N–H and O–H groups in total. The summed E-state index contributed by atoms with van der Waals surface area (Å²) in [5, 5.41) is 6.14. The Labute approximate surface area is 177 Å². The third-order valence-electron chi connectivity index (χ3n) is 4.08. The molecule has 2 atom stereocenters. The predicted octanol–water partition coefficient (Wildman–Crippen LogP) is 4.61. The molecule has 1 amide bonds. The first-order chi connectivity index (χ1) is 13.9. The molecule has 0 aromatic heterocycles. The van der Waals surface area contributed by atoms with Crippen LogP contribution in [-0.4, -0.2) is 26.6 Å². The Balaban J connectivity index is 2.18. The van der Waals surface area contributed by atoms with Crippen LogP contribution in [0.3, 0.4) is 0 Å². The van der Waals surface area contributed by atoms with E-state index in [1.807, 2.05) is 0 Å². The number of anilines is 1. The van der Waals surface area contributed by atoms with E-state index in [0.717, 1.165) is 29.9 Å². The lowest BCUT2D eigenvalue weighted by Crippen LogP contribution is -2.32. The molecule has 0 aliphatic carbocycles. The fourth-order valence-electron chi connectivity index (χ4n) is 2.59. The SMILES string of the molecule is CC(Nc1cc(F)c(C(=O)N[C@H](C)/C=C/S(C)(=O)=O)cc1F)c1ccc(F)cc1Cl. The minimum absolute atomic E-state index is 0.128. The maximum atomic E-state index is 14.5. The van der Waals surface area contributed by atoms with Crippen molar-refractivity contribution in [3.63, 3.8) is 0 Å². The van der Waals surface area contributed by atoms with E-state index < -0.39 is 50.8 Å². The van der Waals surface area contributed by atoms with Gasteiger partial charge in [0.25, 0.3) is 5.91 Å².